The number of rotatable bonds is 7. The molecule has 0 aromatic rings. The Kier molecular flexibility index (Phi) is 6.43. The van der Waals surface area contributed by atoms with Gasteiger partial charge in [0.15, 0.2) is 0 Å². The van der Waals surface area contributed by atoms with E-state index in [4.69, 9.17) is 10.5 Å². The lowest BCUT2D eigenvalue weighted by Crippen LogP contribution is -2.49. The third-order valence-corrected chi connectivity index (χ3v) is 4.07. The van der Waals surface area contributed by atoms with Gasteiger partial charge in [0.25, 0.3) is 0 Å². The van der Waals surface area contributed by atoms with Crippen LogP contribution in [0.1, 0.15) is 33.1 Å². The van der Waals surface area contributed by atoms with Crippen molar-refractivity contribution in [1.82, 2.24) is 9.80 Å². The van der Waals surface area contributed by atoms with Crippen LogP contribution in [0.2, 0.25) is 0 Å². The first kappa shape index (κ1) is 17.4. The number of hydrogen-bond acceptors (Lipinski definition) is 5. The Labute approximate surface area is 123 Å². The summed E-state index contributed by atoms with van der Waals surface area (Å²) < 4.78 is 4.85. The molecule has 1 saturated carbocycles. The van der Waals surface area contributed by atoms with Crippen LogP contribution in [0.5, 0.6) is 0 Å². The molecule has 1 fully saturated rings. The van der Waals surface area contributed by atoms with E-state index >= 15 is 0 Å². The van der Waals surface area contributed by atoms with Gasteiger partial charge < -0.3 is 15.4 Å². The molecule has 0 aliphatic heterocycles. The van der Waals surface area contributed by atoms with E-state index in [1.54, 1.807) is 0 Å². The van der Waals surface area contributed by atoms with Crippen LogP contribution in [0.25, 0.3) is 0 Å². The molecule has 0 bridgehead atoms. The summed E-state index contributed by atoms with van der Waals surface area (Å²) in [5.41, 5.74) is 5.43. The summed E-state index contributed by atoms with van der Waals surface area (Å²) in [6.07, 6.45) is 2.41. The van der Waals surface area contributed by atoms with Crippen molar-refractivity contribution in [1.29, 1.82) is 0 Å². The predicted molar refractivity (Wildman–Crippen MR) is 81.5 cm³/mol. The number of carbonyl (C=O) groups excluding carboxylic acids is 1. The number of likely N-dealkylation sites (N-methyl/N-ethyl adjacent to an activating group) is 1. The zero-order valence-corrected chi connectivity index (χ0v) is 13.7. The minimum atomic E-state index is -0.785. The molecule has 0 saturated heterocycles. The van der Waals surface area contributed by atoms with E-state index in [1.807, 2.05) is 0 Å². The van der Waals surface area contributed by atoms with Crippen molar-refractivity contribution in [2.75, 3.05) is 40.8 Å². The highest BCUT2D eigenvalue weighted by atomic mass is 16.5. The fourth-order valence-corrected chi connectivity index (χ4v) is 2.97. The average molecular weight is 285 g/mol. The standard InChI is InChI=1S/C15H31N3O2/c1-12(2)11-18(9-8-17(3)4)13-6-7-15(16,10-13)14(19)20-5/h12-13H,6-11,16H2,1-5H3. The second-order valence-electron chi connectivity index (χ2n) is 6.74. The zero-order chi connectivity index (χ0) is 15.3. The van der Waals surface area contributed by atoms with Crippen molar-refractivity contribution in [2.24, 2.45) is 11.7 Å². The Morgan fingerprint density at radius 3 is 2.55 bits per heavy atom. The van der Waals surface area contributed by atoms with Gasteiger partial charge in [-0.3, -0.25) is 9.69 Å². The Bertz CT molecular complexity index is 320. The topological polar surface area (TPSA) is 58.8 Å². The lowest BCUT2D eigenvalue weighted by atomic mass is 9.99. The Balaban J connectivity index is 2.65. The maximum atomic E-state index is 11.8. The SMILES string of the molecule is COC(=O)C1(N)CCC(N(CCN(C)C)CC(C)C)C1. The maximum absolute atomic E-state index is 11.8. The van der Waals surface area contributed by atoms with Crippen LogP contribution in [0, 0.1) is 5.92 Å². The molecule has 0 aromatic heterocycles. The van der Waals surface area contributed by atoms with Crippen molar-refractivity contribution in [3.8, 4) is 0 Å². The molecule has 5 heteroatoms. The van der Waals surface area contributed by atoms with Gasteiger partial charge in [-0.15, -0.1) is 0 Å². The molecule has 0 amide bonds. The van der Waals surface area contributed by atoms with Gasteiger partial charge in [-0.1, -0.05) is 13.8 Å². The normalized spacial score (nSPS) is 26.8. The zero-order valence-electron chi connectivity index (χ0n) is 13.7. The average Bonchev–Trinajstić information content (AvgIpc) is 2.76. The Morgan fingerprint density at radius 2 is 2.05 bits per heavy atom. The Morgan fingerprint density at radius 1 is 1.40 bits per heavy atom. The molecule has 20 heavy (non-hydrogen) atoms. The third kappa shape index (κ3) is 4.72. The first-order valence-electron chi connectivity index (χ1n) is 7.54. The fourth-order valence-electron chi connectivity index (χ4n) is 2.97. The number of hydrogen-bond donors (Lipinski definition) is 1. The summed E-state index contributed by atoms with van der Waals surface area (Å²) in [6.45, 7) is 7.56. The quantitative estimate of drug-likeness (QED) is 0.705. The van der Waals surface area contributed by atoms with Crippen LogP contribution in [-0.4, -0.2) is 68.2 Å². The molecule has 2 N–H and O–H groups in total. The second-order valence-corrected chi connectivity index (χ2v) is 6.74. The van der Waals surface area contributed by atoms with Crippen molar-refractivity contribution < 1.29 is 9.53 Å². The summed E-state index contributed by atoms with van der Waals surface area (Å²) in [7, 11) is 5.59. The Hall–Kier alpha value is -0.650. The summed E-state index contributed by atoms with van der Waals surface area (Å²) in [5, 5.41) is 0. The van der Waals surface area contributed by atoms with Gasteiger partial charge >= 0.3 is 5.97 Å². The van der Waals surface area contributed by atoms with E-state index in [9.17, 15) is 4.79 Å². The molecule has 1 rings (SSSR count). The molecule has 0 aromatic carbocycles. The molecule has 2 atom stereocenters. The van der Waals surface area contributed by atoms with E-state index in [0.717, 1.165) is 32.5 Å². The minimum Gasteiger partial charge on any atom is -0.468 e. The van der Waals surface area contributed by atoms with E-state index < -0.39 is 5.54 Å². The van der Waals surface area contributed by atoms with E-state index in [0.29, 0.717) is 18.4 Å². The van der Waals surface area contributed by atoms with Crippen LogP contribution in [0.4, 0.5) is 0 Å². The molecule has 2 unspecified atom stereocenters. The minimum absolute atomic E-state index is 0.267. The number of carbonyl (C=O) groups is 1. The second kappa shape index (κ2) is 7.38. The van der Waals surface area contributed by atoms with Crippen molar-refractivity contribution in [3.05, 3.63) is 0 Å². The number of esters is 1. The van der Waals surface area contributed by atoms with Crippen LogP contribution in [-0.2, 0) is 9.53 Å². The largest absolute Gasteiger partial charge is 0.468 e. The monoisotopic (exact) mass is 285 g/mol. The van der Waals surface area contributed by atoms with Crippen molar-refractivity contribution >= 4 is 5.97 Å². The smallest absolute Gasteiger partial charge is 0.325 e. The van der Waals surface area contributed by atoms with Gasteiger partial charge in [0.05, 0.1) is 7.11 Å². The number of nitrogens with zero attached hydrogens (tertiary/aromatic N) is 2. The highest BCUT2D eigenvalue weighted by molar-refractivity contribution is 5.81. The van der Waals surface area contributed by atoms with Crippen molar-refractivity contribution in [3.63, 3.8) is 0 Å². The van der Waals surface area contributed by atoms with Crippen LogP contribution in [0.3, 0.4) is 0 Å². The summed E-state index contributed by atoms with van der Waals surface area (Å²) in [4.78, 5) is 16.5. The molecule has 0 radical (unpaired) electrons. The lowest BCUT2D eigenvalue weighted by Gasteiger charge is -2.32. The first-order valence-corrected chi connectivity index (χ1v) is 7.54. The first-order chi connectivity index (χ1) is 9.28. The number of ether oxygens (including phenoxy) is 1. The van der Waals surface area contributed by atoms with Gasteiger partial charge in [0.1, 0.15) is 5.54 Å². The van der Waals surface area contributed by atoms with Gasteiger partial charge in [-0.25, -0.2) is 0 Å². The highest BCUT2D eigenvalue weighted by Gasteiger charge is 2.44. The van der Waals surface area contributed by atoms with E-state index in [2.05, 4.69) is 37.7 Å². The lowest BCUT2D eigenvalue weighted by molar-refractivity contribution is -0.147. The van der Waals surface area contributed by atoms with Gasteiger partial charge in [-0.2, -0.15) is 0 Å². The molecule has 118 valence electrons. The van der Waals surface area contributed by atoms with Crippen molar-refractivity contribution in [2.45, 2.75) is 44.7 Å². The molecule has 0 heterocycles. The summed E-state index contributed by atoms with van der Waals surface area (Å²) in [6, 6.07) is 0.390. The molecule has 0 spiro atoms. The van der Waals surface area contributed by atoms with E-state index in [1.165, 1.54) is 7.11 Å². The summed E-state index contributed by atoms with van der Waals surface area (Å²) >= 11 is 0. The maximum Gasteiger partial charge on any atom is 0.325 e. The van der Waals surface area contributed by atoms with E-state index in [-0.39, 0.29) is 5.97 Å². The number of methoxy groups -OCH3 is 1. The molecular formula is C15H31N3O2. The molecule has 1 aliphatic rings. The molecular weight excluding hydrogens is 254 g/mol. The van der Waals surface area contributed by atoms with Gasteiger partial charge in [-0.05, 0) is 39.3 Å². The fraction of sp³-hybridized carbons (Fsp3) is 0.933. The third-order valence-electron chi connectivity index (χ3n) is 4.07. The number of nitrogens with two attached hydrogens (primary N) is 1. The van der Waals surface area contributed by atoms with Crippen LogP contribution >= 0.6 is 0 Å². The molecule has 5 nitrogen and oxygen atoms in total. The van der Waals surface area contributed by atoms with Crippen LogP contribution < -0.4 is 5.73 Å². The predicted octanol–water partition coefficient (Wildman–Crippen LogP) is 0.929. The van der Waals surface area contributed by atoms with Crippen LogP contribution in [0.15, 0.2) is 0 Å². The van der Waals surface area contributed by atoms with Gasteiger partial charge in [0, 0.05) is 25.7 Å². The van der Waals surface area contributed by atoms with Gasteiger partial charge in [0.2, 0.25) is 0 Å². The summed E-state index contributed by atoms with van der Waals surface area (Å²) in [5.74, 6) is 0.347. The highest BCUT2D eigenvalue weighted by Crippen LogP contribution is 2.32. The molecule has 1 aliphatic carbocycles.